The Bertz CT molecular complexity index is 532. The normalized spacial score (nSPS) is 12.6. The number of halogens is 3. The van der Waals surface area contributed by atoms with E-state index in [2.05, 4.69) is 11.2 Å². The number of aromatic carboxylic acids is 1. The van der Waals surface area contributed by atoms with Crippen LogP contribution in [0.15, 0.2) is 18.2 Å². The Balaban J connectivity index is 3.15. The molecule has 0 amide bonds. The summed E-state index contributed by atoms with van der Waals surface area (Å²) >= 11 is 0. The Hall–Kier alpha value is -2.16. The highest BCUT2D eigenvalue weighted by Crippen LogP contribution is 2.32. The maximum atomic E-state index is 12.6. The van der Waals surface area contributed by atoms with E-state index in [4.69, 9.17) is 11.5 Å². The molecule has 1 aromatic rings. The quantitative estimate of drug-likeness (QED) is 0.812. The molecule has 108 valence electrons. The van der Waals surface area contributed by atoms with Crippen molar-refractivity contribution in [1.82, 2.24) is 0 Å². The number of hydrogen-bond donors (Lipinski definition) is 2. The average Bonchev–Trinajstić information content (AvgIpc) is 2.36. The van der Waals surface area contributed by atoms with E-state index in [1.165, 1.54) is 0 Å². The van der Waals surface area contributed by atoms with Gasteiger partial charge in [-0.1, -0.05) is 19.3 Å². The summed E-state index contributed by atoms with van der Waals surface area (Å²) < 4.78 is 37.7. The smallest absolute Gasteiger partial charge is 0.416 e. The summed E-state index contributed by atoms with van der Waals surface area (Å²) in [5.41, 5.74) is -1.37. The Kier molecular flexibility index (Phi) is 5.03. The van der Waals surface area contributed by atoms with Gasteiger partial charge in [0, 0.05) is 5.69 Å². The SMILES string of the molecule is C#CC(CCC)Nc1ccc(C(F)(F)F)cc1C(=O)O. The molecule has 1 rings (SSSR count). The molecule has 1 aromatic carbocycles. The largest absolute Gasteiger partial charge is 0.478 e. The van der Waals surface area contributed by atoms with Crippen molar-refractivity contribution in [2.24, 2.45) is 0 Å². The van der Waals surface area contributed by atoms with Crippen molar-refractivity contribution in [2.75, 3.05) is 5.32 Å². The van der Waals surface area contributed by atoms with Crippen molar-refractivity contribution >= 4 is 11.7 Å². The predicted octanol–water partition coefficient (Wildman–Crippen LogP) is 3.62. The first kappa shape index (κ1) is 15.9. The van der Waals surface area contributed by atoms with Crippen LogP contribution in [0.25, 0.3) is 0 Å². The zero-order valence-corrected chi connectivity index (χ0v) is 10.8. The van der Waals surface area contributed by atoms with E-state index in [0.717, 1.165) is 18.6 Å². The number of anilines is 1. The van der Waals surface area contributed by atoms with Gasteiger partial charge in [-0.3, -0.25) is 0 Å². The minimum absolute atomic E-state index is 0.0851. The highest BCUT2D eigenvalue weighted by molar-refractivity contribution is 5.94. The Morgan fingerprint density at radius 1 is 1.50 bits per heavy atom. The highest BCUT2D eigenvalue weighted by atomic mass is 19.4. The third kappa shape index (κ3) is 3.92. The molecular formula is C14H14F3NO2. The molecule has 0 aromatic heterocycles. The molecular weight excluding hydrogens is 271 g/mol. The Morgan fingerprint density at radius 3 is 2.60 bits per heavy atom. The number of terminal acetylenes is 1. The van der Waals surface area contributed by atoms with Gasteiger partial charge in [-0.25, -0.2) is 4.79 Å². The van der Waals surface area contributed by atoms with E-state index in [-0.39, 0.29) is 5.69 Å². The molecule has 6 heteroatoms. The third-order valence-corrected chi connectivity index (χ3v) is 2.69. The van der Waals surface area contributed by atoms with Crippen LogP contribution in [-0.4, -0.2) is 17.1 Å². The van der Waals surface area contributed by atoms with Gasteiger partial charge < -0.3 is 10.4 Å². The van der Waals surface area contributed by atoms with E-state index in [1.54, 1.807) is 0 Å². The number of carbonyl (C=O) groups is 1. The average molecular weight is 285 g/mol. The molecule has 0 bridgehead atoms. The predicted molar refractivity (Wildman–Crippen MR) is 69.6 cm³/mol. The number of nitrogens with one attached hydrogen (secondary N) is 1. The fourth-order valence-corrected chi connectivity index (χ4v) is 1.70. The Labute approximate surface area is 114 Å². The topological polar surface area (TPSA) is 49.3 Å². The lowest BCUT2D eigenvalue weighted by Crippen LogP contribution is -2.19. The standard InChI is InChI=1S/C14H14F3NO2/c1-3-5-10(4-2)18-12-7-6-9(14(15,16)17)8-11(12)13(19)20/h2,6-8,10,18H,3,5H2,1H3,(H,19,20). The first-order valence-corrected chi connectivity index (χ1v) is 5.96. The molecule has 0 saturated carbocycles. The third-order valence-electron chi connectivity index (χ3n) is 2.69. The minimum Gasteiger partial charge on any atom is -0.478 e. The second-order valence-corrected chi connectivity index (χ2v) is 4.22. The summed E-state index contributed by atoms with van der Waals surface area (Å²) in [6.07, 6.45) is 2.07. The molecule has 0 radical (unpaired) electrons. The number of alkyl halides is 3. The van der Waals surface area contributed by atoms with Gasteiger partial charge in [0.1, 0.15) is 0 Å². The van der Waals surface area contributed by atoms with Gasteiger partial charge in [-0.2, -0.15) is 13.2 Å². The second kappa shape index (κ2) is 6.33. The molecule has 3 nitrogen and oxygen atoms in total. The summed E-state index contributed by atoms with van der Waals surface area (Å²) in [6, 6.07) is 2.10. The van der Waals surface area contributed by atoms with Gasteiger partial charge in [-0.05, 0) is 24.6 Å². The molecule has 1 unspecified atom stereocenters. The van der Waals surface area contributed by atoms with Gasteiger partial charge in [-0.15, -0.1) is 6.42 Å². The fourth-order valence-electron chi connectivity index (χ4n) is 1.70. The monoisotopic (exact) mass is 285 g/mol. The van der Waals surface area contributed by atoms with Crippen molar-refractivity contribution in [3.63, 3.8) is 0 Å². The maximum absolute atomic E-state index is 12.6. The molecule has 0 aliphatic carbocycles. The van der Waals surface area contributed by atoms with Crippen molar-refractivity contribution in [3.8, 4) is 12.3 Å². The van der Waals surface area contributed by atoms with Crippen molar-refractivity contribution in [3.05, 3.63) is 29.3 Å². The molecule has 20 heavy (non-hydrogen) atoms. The van der Waals surface area contributed by atoms with Gasteiger partial charge in [0.2, 0.25) is 0 Å². The lowest BCUT2D eigenvalue weighted by molar-refractivity contribution is -0.137. The van der Waals surface area contributed by atoms with Crippen LogP contribution in [-0.2, 0) is 6.18 Å². The summed E-state index contributed by atoms with van der Waals surface area (Å²) in [7, 11) is 0. The van der Waals surface area contributed by atoms with Gasteiger partial charge >= 0.3 is 12.1 Å². The van der Waals surface area contributed by atoms with Crippen LogP contribution in [0, 0.1) is 12.3 Å². The van der Waals surface area contributed by atoms with Crippen molar-refractivity contribution in [2.45, 2.75) is 32.0 Å². The molecule has 0 aliphatic rings. The van der Waals surface area contributed by atoms with Gasteiger partial charge in [0.15, 0.2) is 0 Å². The van der Waals surface area contributed by atoms with Crippen LogP contribution >= 0.6 is 0 Å². The number of benzene rings is 1. The van der Waals surface area contributed by atoms with Crippen LogP contribution in [0.5, 0.6) is 0 Å². The molecule has 0 aliphatic heterocycles. The zero-order valence-electron chi connectivity index (χ0n) is 10.8. The molecule has 2 N–H and O–H groups in total. The highest BCUT2D eigenvalue weighted by Gasteiger charge is 2.31. The summed E-state index contributed by atoms with van der Waals surface area (Å²) in [5, 5.41) is 11.8. The number of hydrogen-bond acceptors (Lipinski definition) is 2. The summed E-state index contributed by atoms with van der Waals surface area (Å²) in [6.45, 7) is 1.90. The van der Waals surface area contributed by atoms with Crippen LogP contribution in [0.3, 0.4) is 0 Å². The van der Waals surface area contributed by atoms with Crippen LogP contribution < -0.4 is 5.32 Å². The molecule has 1 atom stereocenters. The number of carboxylic acid groups (broad SMARTS) is 1. The molecule has 0 heterocycles. The molecule has 0 saturated heterocycles. The van der Waals surface area contributed by atoms with E-state index in [1.807, 2.05) is 6.92 Å². The molecule has 0 fully saturated rings. The van der Waals surface area contributed by atoms with Crippen LogP contribution in [0.2, 0.25) is 0 Å². The number of carboxylic acids is 1. The zero-order chi connectivity index (χ0) is 15.3. The summed E-state index contributed by atoms with van der Waals surface area (Å²) in [4.78, 5) is 11.1. The van der Waals surface area contributed by atoms with Crippen molar-refractivity contribution in [1.29, 1.82) is 0 Å². The summed E-state index contributed by atoms with van der Waals surface area (Å²) in [5.74, 6) is 0.997. The minimum atomic E-state index is -4.59. The van der Waals surface area contributed by atoms with Gasteiger partial charge in [0.05, 0.1) is 17.2 Å². The number of rotatable bonds is 5. The van der Waals surface area contributed by atoms with E-state index in [9.17, 15) is 18.0 Å². The van der Waals surface area contributed by atoms with Crippen LogP contribution in [0.1, 0.15) is 35.7 Å². The second-order valence-electron chi connectivity index (χ2n) is 4.22. The maximum Gasteiger partial charge on any atom is 0.416 e. The first-order valence-electron chi connectivity index (χ1n) is 5.96. The Morgan fingerprint density at radius 2 is 2.15 bits per heavy atom. The lowest BCUT2D eigenvalue weighted by atomic mass is 10.1. The lowest BCUT2D eigenvalue weighted by Gasteiger charge is -2.17. The van der Waals surface area contributed by atoms with E-state index < -0.39 is 29.3 Å². The fraction of sp³-hybridized carbons (Fsp3) is 0.357. The van der Waals surface area contributed by atoms with E-state index >= 15 is 0 Å². The van der Waals surface area contributed by atoms with Crippen molar-refractivity contribution < 1.29 is 23.1 Å². The van der Waals surface area contributed by atoms with Gasteiger partial charge in [0.25, 0.3) is 0 Å². The van der Waals surface area contributed by atoms with E-state index in [0.29, 0.717) is 12.5 Å². The molecule has 0 spiro atoms. The first-order chi connectivity index (χ1) is 9.29. The van der Waals surface area contributed by atoms with Crippen LogP contribution in [0.4, 0.5) is 18.9 Å².